The van der Waals surface area contributed by atoms with Crippen LogP contribution >= 0.6 is 0 Å². The Morgan fingerprint density at radius 3 is 1.80 bits per heavy atom. The van der Waals surface area contributed by atoms with Gasteiger partial charge in [0.05, 0.1) is 19.8 Å². The summed E-state index contributed by atoms with van der Waals surface area (Å²) in [6.07, 6.45) is -2.92. The van der Waals surface area contributed by atoms with E-state index in [-0.39, 0.29) is 32.3 Å². The van der Waals surface area contributed by atoms with Gasteiger partial charge in [0.25, 0.3) is 0 Å². The first kappa shape index (κ1) is 47.2. The Morgan fingerprint density at radius 1 is 0.662 bits per heavy atom. The number of hydrogen-bond acceptors (Lipinski definition) is 10. The number of fused-ring (bicyclic) bond motifs is 1. The van der Waals surface area contributed by atoms with E-state index in [0.29, 0.717) is 19.6 Å². The van der Waals surface area contributed by atoms with Crippen molar-refractivity contribution in [2.45, 2.75) is 116 Å². The Balaban J connectivity index is 1.27. The van der Waals surface area contributed by atoms with Crippen LogP contribution in [-0.2, 0) is 65.9 Å². The summed E-state index contributed by atoms with van der Waals surface area (Å²) in [6, 6.07) is 41.5. The Morgan fingerprint density at radius 2 is 1.23 bits per heavy atom. The Hall–Kier alpha value is -5.72. The van der Waals surface area contributed by atoms with Crippen LogP contribution in [0.2, 0.25) is 0 Å². The first-order chi connectivity index (χ1) is 31.4. The van der Waals surface area contributed by atoms with Crippen molar-refractivity contribution in [3.05, 3.63) is 166 Å². The number of esters is 1. The second kappa shape index (κ2) is 22.5. The van der Waals surface area contributed by atoms with E-state index in [1.165, 1.54) is 5.56 Å². The normalized spacial score (nSPS) is 19.9. The number of ether oxygens (including phenoxy) is 8. The predicted octanol–water partition coefficient (Wildman–Crippen LogP) is 9.90. The van der Waals surface area contributed by atoms with Gasteiger partial charge in [-0.3, -0.25) is 0 Å². The molecule has 0 aliphatic carbocycles. The molecule has 5 aromatic rings. The smallest absolute Gasteiger partial charge is 0.408 e. The summed E-state index contributed by atoms with van der Waals surface area (Å²) in [6.45, 7) is 12.8. The van der Waals surface area contributed by atoms with Gasteiger partial charge in [-0.25, -0.2) is 9.59 Å². The third kappa shape index (κ3) is 13.2. The molecule has 6 atom stereocenters. The minimum Gasteiger partial charge on any atom is -0.486 e. The van der Waals surface area contributed by atoms with E-state index in [9.17, 15) is 9.59 Å². The average Bonchev–Trinajstić information content (AvgIpc) is 3.31. The quantitative estimate of drug-likeness (QED) is 0.0852. The van der Waals surface area contributed by atoms with E-state index in [4.69, 9.17) is 37.9 Å². The summed E-state index contributed by atoms with van der Waals surface area (Å²) in [5.41, 5.74) is 6.46. The summed E-state index contributed by atoms with van der Waals surface area (Å²) in [5.74, 6) is 0.566. The third-order valence-corrected chi connectivity index (χ3v) is 11.4. The van der Waals surface area contributed by atoms with Gasteiger partial charge in [-0.2, -0.15) is 0 Å². The molecule has 0 saturated carbocycles. The fourth-order valence-corrected chi connectivity index (χ4v) is 8.13. The van der Waals surface area contributed by atoms with Gasteiger partial charge in [-0.1, -0.05) is 136 Å². The van der Waals surface area contributed by atoms with Gasteiger partial charge >= 0.3 is 12.1 Å². The summed E-state index contributed by atoms with van der Waals surface area (Å²) in [4.78, 5) is 26.9. The molecule has 0 radical (unpaired) electrons. The van der Waals surface area contributed by atoms with E-state index >= 15 is 0 Å². The fourth-order valence-electron chi connectivity index (χ4n) is 8.13. The zero-order chi connectivity index (χ0) is 45.8. The van der Waals surface area contributed by atoms with Crippen molar-refractivity contribution in [1.82, 2.24) is 5.32 Å². The molecule has 344 valence electrons. The van der Waals surface area contributed by atoms with Crippen molar-refractivity contribution >= 4 is 12.1 Å². The highest BCUT2D eigenvalue weighted by Gasteiger charge is 2.49. The number of rotatable bonds is 18. The van der Waals surface area contributed by atoms with Crippen LogP contribution in [0.4, 0.5) is 4.79 Å². The maximum absolute atomic E-state index is 14.0. The molecule has 0 unspecified atom stereocenters. The number of carbonyl (C=O) groups is 2. The van der Waals surface area contributed by atoms with Gasteiger partial charge in [0.15, 0.2) is 11.5 Å². The zero-order valence-corrected chi connectivity index (χ0v) is 38.4. The highest BCUT2D eigenvalue weighted by Crippen LogP contribution is 2.40. The van der Waals surface area contributed by atoms with Crippen LogP contribution < -0.4 is 14.8 Å². The average molecular weight is 886 g/mol. The van der Waals surface area contributed by atoms with Crippen LogP contribution in [0.15, 0.2) is 127 Å². The molecule has 2 aliphatic heterocycles. The predicted molar refractivity (Wildman–Crippen MR) is 248 cm³/mol. The number of benzene rings is 5. The fraction of sp³-hybridized carbons (Fsp3) is 0.407. The van der Waals surface area contributed by atoms with Crippen LogP contribution in [0.5, 0.6) is 11.5 Å². The van der Waals surface area contributed by atoms with Crippen LogP contribution in [0.1, 0.15) is 86.6 Å². The molecule has 1 saturated heterocycles. The largest absolute Gasteiger partial charge is 0.486 e. The summed E-state index contributed by atoms with van der Waals surface area (Å²) < 4.78 is 51.4. The molecule has 7 rings (SSSR count). The lowest BCUT2D eigenvalue weighted by Gasteiger charge is -2.46. The minimum atomic E-state index is -0.982. The van der Waals surface area contributed by atoms with Gasteiger partial charge < -0.3 is 43.2 Å². The van der Waals surface area contributed by atoms with Gasteiger partial charge in [-0.15, -0.1) is 0 Å². The van der Waals surface area contributed by atoms with Gasteiger partial charge in [-0.05, 0) is 90.6 Å². The molecular formula is C54H63NO10. The number of amides is 1. The molecule has 0 bridgehead atoms. The van der Waals surface area contributed by atoms with Crippen molar-refractivity contribution < 1.29 is 47.5 Å². The van der Waals surface area contributed by atoms with Crippen LogP contribution in [0.3, 0.4) is 0 Å². The Kier molecular flexibility index (Phi) is 16.3. The highest BCUT2D eigenvalue weighted by atomic mass is 16.6. The number of carbonyl (C=O) groups excluding carboxylic acids is 2. The number of aryl methyl sites for hydroxylation is 1. The molecule has 5 aromatic carbocycles. The van der Waals surface area contributed by atoms with E-state index in [0.717, 1.165) is 51.3 Å². The maximum Gasteiger partial charge on any atom is 0.408 e. The molecule has 2 heterocycles. The first-order valence-corrected chi connectivity index (χ1v) is 22.7. The molecule has 1 fully saturated rings. The van der Waals surface area contributed by atoms with Gasteiger partial charge in [0.2, 0.25) is 0 Å². The molecule has 1 N–H and O–H groups in total. The Labute approximate surface area is 383 Å². The molecular weight excluding hydrogens is 823 g/mol. The molecule has 11 nitrogen and oxygen atoms in total. The van der Waals surface area contributed by atoms with Crippen LogP contribution in [0.25, 0.3) is 0 Å². The van der Waals surface area contributed by atoms with Gasteiger partial charge in [0, 0.05) is 0 Å². The molecule has 65 heavy (non-hydrogen) atoms. The third-order valence-electron chi connectivity index (χ3n) is 11.4. The van der Waals surface area contributed by atoms with E-state index in [2.05, 4.69) is 42.6 Å². The lowest BCUT2D eigenvalue weighted by Crippen LogP contribution is -2.58. The molecule has 11 heteroatoms. The SMILES string of the molecule is CCc1ccc([C@@H]2O[C@H](COC(=O)[C@H](NC(=O)OC(C)(C)C)C(C)C)[C@@H](OCc3ccccc3)[C@H](OCc3ccccc3)[C@H]2OCc2ccccc2)cc1Cc1ccc2c(c1)OCCO2. The monoisotopic (exact) mass is 885 g/mol. The topological polar surface area (TPSA) is 120 Å². The van der Waals surface area contributed by atoms with E-state index < -0.39 is 54.2 Å². The molecule has 2 aliphatic rings. The Bertz CT molecular complexity index is 2280. The summed E-state index contributed by atoms with van der Waals surface area (Å²) in [5, 5.41) is 2.73. The van der Waals surface area contributed by atoms with Crippen molar-refractivity contribution in [2.75, 3.05) is 19.8 Å². The maximum atomic E-state index is 14.0. The van der Waals surface area contributed by atoms with Crippen LogP contribution in [-0.4, -0.2) is 67.9 Å². The standard InChI is InChI=1S/C54H63NO10/c1-7-41-24-25-42(31-43(41)29-40-23-26-44-45(30-40)59-28-27-58-44)48-50(61-33-38-19-13-9-14-20-38)51(62-34-39-21-15-10-16-22-39)49(60-32-37-17-11-8-12-18-37)46(64-48)35-63-52(56)47(36(2)3)55-53(57)65-54(4,5)6/h8-26,30-31,36,46-51H,7,27-29,32-35H2,1-6H3,(H,55,57)/t46-,47-,48+,49-,50+,51+/m1/s1. The zero-order valence-electron chi connectivity index (χ0n) is 38.4. The van der Waals surface area contributed by atoms with E-state index in [1.807, 2.05) is 111 Å². The molecule has 1 amide bonds. The molecule has 0 spiro atoms. The summed E-state index contributed by atoms with van der Waals surface area (Å²) >= 11 is 0. The van der Waals surface area contributed by atoms with Crippen molar-refractivity contribution in [2.24, 2.45) is 5.92 Å². The lowest BCUT2D eigenvalue weighted by molar-refractivity contribution is -0.273. The van der Waals surface area contributed by atoms with E-state index in [1.54, 1.807) is 20.8 Å². The van der Waals surface area contributed by atoms with Crippen molar-refractivity contribution in [3.8, 4) is 11.5 Å². The summed E-state index contributed by atoms with van der Waals surface area (Å²) in [7, 11) is 0. The van der Waals surface area contributed by atoms with Crippen LogP contribution in [0, 0.1) is 5.92 Å². The van der Waals surface area contributed by atoms with Crippen molar-refractivity contribution in [1.29, 1.82) is 0 Å². The second-order valence-electron chi connectivity index (χ2n) is 17.9. The number of hydrogen-bond donors (Lipinski definition) is 1. The number of nitrogens with one attached hydrogen (secondary N) is 1. The van der Waals surface area contributed by atoms with Gasteiger partial charge in [0.1, 0.15) is 62.0 Å². The molecule has 0 aromatic heterocycles. The van der Waals surface area contributed by atoms with Crippen molar-refractivity contribution in [3.63, 3.8) is 0 Å². The first-order valence-electron chi connectivity index (χ1n) is 22.7. The number of alkyl carbamates (subject to hydrolysis) is 1. The lowest BCUT2D eigenvalue weighted by atomic mass is 9.87. The minimum absolute atomic E-state index is 0.193. The highest BCUT2D eigenvalue weighted by molar-refractivity contribution is 5.81. The second-order valence-corrected chi connectivity index (χ2v) is 17.9.